The molecule has 0 aliphatic heterocycles. The molecule has 0 amide bonds. The van der Waals surface area contributed by atoms with Crippen LogP contribution in [0, 0.1) is 11.7 Å². The second-order valence-corrected chi connectivity index (χ2v) is 5.43. The molecule has 0 spiro atoms. The van der Waals surface area contributed by atoms with E-state index < -0.39 is 0 Å². The molecule has 0 saturated carbocycles. The Kier molecular flexibility index (Phi) is 5.34. The monoisotopic (exact) mass is 287 g/mol. The maximum atomic E-state index is 14.0. The van der Waals surface area contributed by atoms with Crippen molar-refractivity contribution >= 4 is 0 Å². The summed E-state index contributed by atoms with van der Waals surface area (Å²) < 4.78 is 19.1. The van der Waals surface area contributed by atoms with Gasteiger partial charge in [-0.05, 0) is 48.6 Å². The number of ether oxygens (including phenoxy) is 1. The summed E-state index contributed by atoms with van der Waals surface area (Å²) in [7, 11) is 1.53. The van der Waals surface area contributed by atoms with Gasteiger partial charge in [0.15, 0.2) is 0 Å². The summed E-state index contributed by atoms with van der Waals surface area (Å²) in [5.74, 6) is 0.834. The molecule has 0 fully saturated rings. The Morgan fingerprint density at radius 2 is 1.86 bits per heavy atom. The minimum absolute atomic E-state index is 0.265. The molecule has 2 nitrogen and oxygen atoms in total. The van der Waals surface area contributed by atoms with Crippen LogP contribution in [-0.4, -0.2) is 13.7 Å². The largest absolute Gasteiger partial charge is 0.497 e. The van der Waals surface area contributed by atoms with Gasteiger partial charge in [0.2, 0.25) is 0 Å². The van der Waals surface area contributed by atoms with Crippen LogP contribution in [0.1, 0.15) is 18.9 Å². The Balaban J connectivity index is 2.15. The molecule has 1 unspecified atom stereocenters. The SMILES string of the molecule is COc1ccc(-c2ccc(CC(C)CCN)cc2)c(F)c1. The van der Waals surface area contributed by atoms with E-state index in [1.807, 2.05) is 12.1 Å². The van der Waals surface area contributed by atoms with Crippen LogP contribution in [0.4, 0.5) is 4.39 Å². The van der Waals surface area contributed by atoms with Gasteiger partial charge in [-0.15, -0.1) is 0 Å². The third-order valence-electron chi connectivity index (χ3n) is 3.68. The molecule has 2 N–H and O–H groups in total. The molecule has 1 atom stereocenters. The number of methoxy groups -OCH3 is 1. The first-order chi connectivity index (χ1) is 10.1. The first kappa shape index (κ1) is 15.5. The van der Waals surface area contributed by atoms with Gasteiger partial charge in [-0.25, -0.2) is 4.39 Å². The van der Waals surface area contributed by atoms with E-state index in [0.29, 0.717) is 17.2 Å². The highest BCUT2D eigenvalue weighted by molar-refractivity contribution is 5.65. The van der Waals surface area contributed by atoms with Gasteiger partial charge in [0.05, 0.1) is 7.11 Å². The molecule has 112 valence electrons. The van der Waals surface area contributed by atoms with Crippen molar-refractivity contribution < 1.29 is 9.13 Å². The van der Waals surface area contributed by atoms with E-state index in [2.05, 4.69) is 19.1 Å². The van der Waals surface area contributed by atoms with Crippen LogP contribution in [0.3, 0.4) is 0 Å². The molecule has 0 saturated heterocycles. The third kappa shape index (κ3) is 4.05. The summed E-state index contributed by atoms with van der Waals surface area (Å²) in [5.41, 5.74) is 8.30. The average Bonchev–Trinajstić information content (AvgIpc) is 2.48. The molecule has 3 heteroatoms. The lowest BCUT2D eigenvalue weighted by Crippen LogP contribution is -2.07. The number of halogens is 1. The number of rotatable bonds is 6. The van der Waals surface area contributed by atoms with E-state index in [1.165, 1.54) is 18.7 Å². The molecular weight excluding hydrogens is 265 g/mol. The molecule has 0 heterocycles. The van der Waals surface area contributed by atoms with Crippen LogP contribution in [0.5, 0.6) is 5.75 Å². The zero-order chi connectivity index (χ0) is 15.2. The number of nitrogens with two attached hydrogens (primary N) is 1. The van der Waals surface area contributed by atoms with E-state index in [1.54, 1.807) is 12.1 Å². The normalized spacial score (nSPS) is 12.2. The fraction of sp³-hybridized carbons (Fsp3) is 0.333. The first-order valence-corrected chi connectivity index (χ1v) is 7.27. The molecule has 0 aromatic heterocycles. The molecule has 2 aromatic rings. The van der Waals surface area contributed by atoms with Crippen molar-refractivity contribution in [2.24, 2.45) is 11.7 Å². The summed E-state index contributed by atoms with van der Waals surface area (Å²) >= 11 is 0. The predicted octanol–water partition coefficient (Wildman–Crippen LogP) is 4.03. The van der Waals surface area contributed by atoms with Crippen molar-refractivity contribution in [3.63, 3.8) is 0 Å². The summed E-state index contributed by atoms with van der Waals surface area (Å²) in [6.45, 7) is 2.92. The molecule has 0 radical (unpaired) electrons. The third-order valence-corrected chi connectivity index (χ3v) is 3.68. The Bertz CT molecular complexity index is 580. The maximum Gasteiger partial charge on any atom is 0.134 e. The quantitative estimate of drug-likeness (QED) is 0.870. The van der Waals surface area contributed by atoms with Crippen molar-refractivity contribution in [3.05, 3.63) is 53.8 Å². The van der Waals surface area contributed by atoms with E-state index >= 15 is 0 Å². The molecule has 2 aromatic carbocycles. The zero-order valence-electron chi connectivity index (χ0n) is 12.6. The van der Waals surface area contributed by atoms with Crippen LogP contribution in [0.15, 0.2) is 42.5 Å². The lowest BCUT2D eigenvalue weighted by Gasteiger charge is -2.11. The van der Waals surface area contributed by atoms with Crippen molar-refractivity contribution in [2.75, 3.05) is 13.7 Å². The minimum atomic E-state index is -0.265. The highest BCUT2D eigenvalue weighted by atomic mass is 19.1. The lowest BCUT2D eigenvalue weighted by molar-refractivity contribution is 0.411. The van der Waals surface area contributed by atoms with Gasteiger partial charge < -0.3 is 10.5 Å². The highest BCUT2D eigenvalue weighted by Gasteiger charge is 2.07. The molecular formula is C18H22FNO. The maximum absolute atomic E-state index is 14.0. The topological polar surface area (TPSA) is 35.2 Å². The lowest BCUT2D eigenvalue weighted by atomic mass is 9.96. The molecule has 21 heavy (non-hydrogen) atoms. The molecule has 0 aliphatic carbocycles. The minimum Gasteiger partial charge on any atom is -0.497 e. The Labute approximate surface area is 125 Å². The Morgan fingerprint density at radius 3 is 2.43 bits per heavy atom. The molecule has 0 bridgehead atoms. The van der Waals surface area contributed by atoms with Gasteiger partial charge in [0.1, 0.15) is 11.6 Å². The predicted molar refractivity (Wildman–Crippen MR) is 84.9 cm³/mol. The summed E-state index contributed by atoms with van der Waals surface area (Å²) in [6, 6.07) is 13.0. The average molecular weight is 287 g/mol. The summed E-state index contributed by atoms with van der Waals surface area (Å²) in [4.78, 5) is 0. The van der Waals surface area contributed by atoms with Crippen molar-refractivity contribution in [2.45, 2.75) is 19.8 Å². The van der Waals surface area contributed by atoms with Crippen LogP contribution < -0.4 is 10.5 Å². The van der Waals surface area contributed by atoms with Crippen molar-refractivity contribution in [1.82, 2.24) is 0 Å². The first-order valence-electron chi connectivity index (χ1n) is 7.27. The van der Waals surface area contributed by atoms with Crippen LogP contribution in [-0.2, 0) is 6.42 Å². The van der Waals surface area contributed by atoms with Gasteiger partial charge in [0, 0.05) is 11.6 Å². The Hall–Kier alpha value is -1.87. The fourth-order valence-electron chi connectivity index (χ4n) is 2.47. The number of benzene rings is 2. The van der Waals surface area contributed by atoms with Gasteiger partial charge in [-0.1, -0.05) is 31.2 Å². The summed E-state index contributed by atoms with van der Waals surface area (Å²) in [6.07, 6.45) is 2.03. The van der Waals surface area contributed by atoms with Gasteiger partial charge in [-0.2, -0.15) is 0 Å². The van der Waals surface area contributed by atoms with Gasteiger partial charge in [-0.3, -0.25) is 0 Å². The standard InChI is InChI=1S/C18H22FNO/c1-13(9-10-20)11-14-3-5-15(6-4-14)17-8-7-16(21-2)12-18(17)19/h3-8,12-13H,9-11,20H2,1-2H3. The van der Waals surface area contributed by atoms with Crippen molar-refractivity contribution in [1.29, 1.82) is 0 Å². The number of hydrogen-bond donors (Lipinski definition) is 1. The van der Waals surface area contributed by atoms with Gasteiger partial charge >= 0.3 is 0 Å². The summed E-state index contributed by atoms with van der Waals surface area (Å²) in [5, 5.41) is 0. The fourth-order valence-corrected chi connectivity index (χ4v) is 2.47. The smallest absolute Gasteiger partial charge is 0.134 e. The molecule has 0 aliphatic rings. The second-order valence-electron chi connectivity index (χ2n) is 5.43. The van der Waals surface area contributed by atoms with Crippen molar-refractivity contribution in [3.8, 4) is 16.9 Å². The Morgan fingerprint density at radius 1 is 1.14 bits per heavy atom. The van der Waals surface area contributed by atoms with E-state index in [4.69, 9.17) is 10.5 Å². The van der Waals surface area contributed by atoms with E-state index in [-0.39, 0.29) is 5.82 Å². The van der Waals surface area contributed by atoms with E-state index in [9.17, 15) is 4.39 Å². The van der Waals surface area contributed by atoms with Crippen LogP contribution in [0.25, 0.3) is 11.1 Å². The van der Waals surface area contributed by atoms with Gasteiger partial charge in [0.25, 0.3) is 0 Å². The highest BCUT2D eigenvalue weighted by Crippen LogP contribution is 2.26. The number of hydrogen-bond acceptors (Lipinski definition) is 2. The molecule has 2 rings (SSSR count). The zero-order valence-corrected chi connectivity index (χ0v) is 12.6. The van der Waals surface area contributed by atoms with E-state index in [0.717, 1.165) is 24.9 Å². The van der Waals surface area contributed by atoms with Crippen LogP contribution in [0.2, 0.25) is 0 Å². The van der Waals surface area contributed by atoms with Crippen LogP contribution >= 0.6 is 0 Å². The second kappa shape index (κ2) is 7.23.